The Kier molecular flexibility index (Phi) is 2.64. The molecule has 0 atom stereocenters. The molecule has 18 heavy (non-hydrogen) atoms. The van der Waals surface area contributed by atoms with Gasteiger partial charge in [-0.25, -0.2) is 14.6 Å². The Morgan fingerprint density at radius 3 is 2.78 bits per heavy atom. The molecular weight excluding hydrogens is 226 g/mol. The Morgan fingerprint density at radius 2 is 1.94 bits per heavy atom. The average molecular weight is 239 g/mol. The van der Waals surface area contributed by atoms with Gasteiger partial charge in [0, 0.05) is 6.54 Å². The van der Waals surface area contributed by atoms with Crippen LogP contribution in [0.5, 0.6) is 0 Å². The van der Waals surface area contributed by atoms with E-state index in [2.05, 4.69) is 27.2 Å². The maximum Gasteiger partial charge on any atom is 0.163 e. The molecule has 0 aliphatic heterocycles. The molecule has 0 bridgehead atoms. The summed E-state index contributed by atoms with van der Waals surface area (Å²) in [5, 5.41) is 5.12. The number of aryl methyl sites for hydroxylation is 2. The highest BCUT2D eigenvalue weighted by atomic mass is 15.3. The van der Waals surface area contributed by atoms with Crippen molar-refractivity contribution in [3.8, 4) is 0 Å². The summed E-state index contributed by atoms with van der Waals surface area (Å²) in [6, 6.07) is 10.3. The van der Waals surface area contributed by atoms with Crippen LogP contribution in [0.1, 0.15) is 5.56 Å². The number of rotatable bonds is 3. The largest absolute Gasteiger partial charge is 0.383 e. The van der Waals surface area contributed by atoms with Gasteiger partial charge in [0.15, 0.2) is 5.65 Å². The van der Waals surface area contributed by atoms with Gasteiger partial charge >= 0.3 is 0 Å². The zero-order valence-corrected chi connectivity index (χ0v) is 9.82. The predicted molar refractivity (Wildman–Crippen MR) is 69.9 cm³/mol. The average Bonchev–Trinajstić information content (AvgIpc) is 2.82. The highest BCUT2D eigenvalue weighted by Gasteiger charge is 2.07. The minimum atomic E-state index is 0.478. The molecule has 0 fully saturated rings. The lowest BCUT2D eigenvalue weighted by Crippen LogP contribution is -2.04. The SMILES string of the molecule is Nc1ncnc2c1cnn2CCc1ccccc1. The first kappa shape index (κ1) is 10.7. The molecule has 0 unspecified atom stereocenters. The van der Waals surface area contributed by atoms with Crippen LogP contribution in [0.4, 0.5) is 5.82 Å². The maximum atomic E-state index is 5.77. The first-order chi connectivity index (χ1) is 8.84. The van der Waals surface area contributed by atoms with Crippen LogP contribution in [0.25, 0.3) is 11.0 Å². The molecule has 2 aromatic heterocycles. The molecule has 0 saturated carbocycles. The third-order valence-corrected chi connectivity index (χ3v) is 2.92. The van der Waals surface area contributed by atoms with E-state index in [4.69, 9.17) is 5.73 Å². The van der Waals surface area contributed by atoms with Crippen LogP contribution in [0.2, 0.25) is 0 Å². The standard InChI is InChI=1S/C13H13N5/c14-12-11-8-17-18(13(11)16-9-15-12)7-6-10-4-2-1-3-5-10/h1-5,8-9H,6-7H2,(H2,14,15,16). The van der Waals surface area contributed by atoms with Crippen molar-refractivity contribution in [3.05, 3.63) is 48.4 Å². The Labute approximate surface area is 104 Å². The third kappa shape index (κ3) is 1.90. The summed E-state index contributed by atoms with van der Waals surface area (Å²) in [5.41, 5.74) is 7.84. The topological polar surface area (TPSA) is 69.6 Å². The fourth-order valence-electron chi connectivity index (χ4n) is 1.95. The molecule has 1 aromatic carbocycles. The molecule has 2 N–H and O–H groups in total. The molecular formula is C13H13N5. The van der Waals surface area contributed by atoms with E-state index in [1.54, 1.807) is 6.20 Å². The van der Waals surface area contributed by atoms with Gasteiger partial charge in [-0.1, -0.05) is 30.3 Å². The summed E-state index contributed by atoms with van der Waals surface area (Å²) in [6.45, 7) is 0.782. The molecule has 0 radical (unpaired) electrons. The summed E-state index contributed by atoms with van der Waals surface area (Å²) in [7, 11) is 0. The number of fused-ring (bicyclic) bond motifs is 1. The van der Waals surface area contributed by atoms with E-state index < -0.39 is 0 Å². The number of nitrogens with zero attached hydrogens (tertiary/aromatic N) is 4. The van der Waals surface area contributed by atoms with Gasteiger partial charge in [-0.15, -0.1) is 0 Å². The second-order valence-corrected chi connectivity index (χ2v) is 4.10. The zero-order valence-electron chi connectivity index (χ0n) is 9.82. The molecule has 0 saturated heterocycles. The number of benzene rings is 1. The zero-order chi connectivity index (χ0) is 12.4. The minimum Gasteiger partial charge on any atom is -0.383 e. The monoisotopic (exact) mass is 239 g/mol. The Hall–Kier alpha value is -2.43. The number of nitrogens with two attached hydrogens (primary N) is 1. The van der Waals surface area contributed by atoms with Crippen LogP contribution in [-0.4, -0.2) is 19.7 Å². The number of aromatic nitrogens is 4. The van der Waals surface area contributed by atoms with Crippen LogP contribution >= 0.6 is 0 Å². The summed E-state index contributed by atoms with van der Waals surface area (Å²) >= 11 is 0. The highest BCUT2D eigenvalue weighted by molar-refractivity contribution is 5.84. The van der Waals surface area contributed by atoms with E-state index in [1.165, 1.54) is 11.9 Å². The molecule has 5 nitrogen and oxygen atoms in total. The van der Waals surface area contributed by atoms with Crippen molar-refractivity contribution in [2.24, 2.45) is 0 Å². The van der Waals surface area contributed by atoms with Gasteiger partial charge in [-0.05, 0) is 12.0 Å². The Balaban J connectivity index is 1.85. The number of nitrogen functional groups attached to an aromatic ring is 1. The summed E-state index contributed by atoms with van der Waals surface area (Å²) in [5.74, 6) is 0.478. The number of hydrogen-bond acceptors (Lipinski definition) is 4. The van der Waals surface area contributed by atoms with Gasteiger partial charge in [0.1, 0.15) is 12.1 Å². The fourth-order valence-corrected chi connectivity index (χ4v) is 1.95. The van der Waals surface area contributed by atoms with Crippen LogP contribution in [-0.2, 0) is 13.0 Å². The Bertz CT molecular complexity index is 659. The molecule has 2 heterocycles. The van der Waals surface area contributed by atoms with Crippen LogP contribution in [0.15, 0.2) is 42.9 Å². The molecule has 90 valence electrons. The van der Waals surface area contributed by atoms with E-state index in [1.807, 2.05) is 22.9 Å². The fraction of sp³-hybridized carbons (Fsp3) is 0.154. The lowest BCUT2D eigenvalue weighted by Gasteiger charge is -2.03. The van der Waals surface area contributed by atoms with Gasteiger partial charge in [0.05, 0.1) is 11.6 Å². The maximum absolute atomic E-state index is 5.77. The summed E-state index contributed by atoms with van der Waals surface area (Å²) in [4.78, 5) is 8.18. The molecule has 0 aliphatic carbocycles. The lowest BCUT2D eigenvalue weighted by molar-refractivity contribution is 0.629. The van der Waals surface area contributed by atoms with Crippen molar-refractivity contribution in [1.29, 1.82) is 0 Å². The highest BCUT2D eigenvalue weighted by Crippen LogP contribution is 2.15. The van der Waals surface area contributed by atoms with Crippen molar-refractivity contribution < 1.29 is 0 Å². The summed E-state index contributed by atoms with van der Waals surface area (Å²) in [6.07, 6.45) is 4.11. The first-order valence-corrected chi connectivity index (χ1v) is 5.80. The first-order valence-electron chi connectivity index (χ1n) is 5.80. The minimum absolute atomic E-state index is 0.478. The van der Waals surface area contributed by atoms with Crippen molar-refractivity contribution in [3.63, 3.8) is 0 Å². The van der Waals surface area contributed by atoms with Crippen LogP contribution in [0.3, 0.4) is 0 Å². The van der Waals surface area contributed by atoms with Gasteiger partial charge in [0.25, 0.3) is 0 Å². The molecule has 0 aliphatic rings. The van der Waals surface area contributed by atoms with Crippen molar-refractivity contribution in [2.45, 2.75) is 13.0 Å². The third-order valence-electron chi connectivity index (χ3n) is 2.92. The number of anilines is 1. The molecule has 3 rings (SSSR count). The van der Waals surface area contributed by atoms with Crippen molar-refractivity contribution in [1.82, 2.24) is 19.7 Å². The molecule has 0 amide bonds. The smallest absolute Gasteiger partial charge is 0.163 e. The quantitative estimate of drug-likeness (QED) is 0.754. The molecule has 5 heteroatoms. The van der Waals surface area contributed by atoms with Gasteiger partial charge in [0.2, 0.25) is 0 Å². The summed E-state index contributed by atoms with van der Waals surface area (Å²) < 4.78 is 1.86. The second kappa shape index (κ2) is 4.44. The van der Waals surface area contributed by atoms with E-state index in [0.717, 1.165) is 24.0 Å². The van der Waals surface area contributed by atoms with E-state index in [-0.39, 0.29) is 0 Å². The van der Waals surface area contributed by atoms with E-state index in [9.17, 15) is 0 Å². The molecule has 3 aromatic rings. The van der Waals surface area contributed by atoms with Gasteiger partial charge in [-0.2, -0.15) is 5.10 Å². The van der Waals surface area contributed by atoms with E-state index >= 15 is 0 Å². The molecule has 0 spiro atoms. The van der Waals surface area contributed by atoms with Crippen molar-refractivity contribution in [2.75, 3.05) is 5.73 Å². The van der Waals surface area contributed by atoms with Gasteiger partial charge < -0.3 is 5.73 Å². The predicted octanol–water partition coefficient (Wildman–Crippen LogP) is 1.65. The van der Waals surface area contributed by atoms with Gasteiger partial charge in [-0.3, -0.25) is 0 Å². The van der Waals surface area contributed by atoms with Crippen LogP contribution < -0.4 is 5.73 Å². The Morgan fingerprint density at radius 1 is 1.11 bits per heavy atom. The number of hydrogen-bond donors (Lipinski definition) is 1. The van der Waals surface area contributed by atoms with E-state index in [0.29, 0.717) is 5.82 Å². The van der Waals surface area contributed by atoms with Crippen LogP contribution in [0, 0.1) is 0 Å². The van der Waals surface area contributed by atoms with Crippen molar-refractivity contribution >= 4 is 16.9 Å². The second-order valence-electron chi connectivity index (χ2n) is 4.10. The lowest BCUT2D eigenvalue weighted by atomic mass is 10.1. The normalized spacial score (nSPS) is 10.9.